The predicted molar refractivity (Wildman–Crippen MR) is 97.5 cm³/mol. The van der Waals surface area contributed by atoms with Crippen molar-refractivity contribution in [3.8, 4) is 0 Å². The molecule has 0 atom stereocenters. The van der Waals surface area contributed by atoms with Gasteiger partial charge in [-0.1, -0.05) is 18.9 Å². The summed E-state index contributed by atoms with van der Waals surface area (Å²) >= 11 is 0. The Bertz CT molecular complexity index is 724. The van der Waals surface area contributed by atoms with E-state index in [-0.39, 0.29) is 10.8 Å². The second kappa shape index (κ2) is 8.48. The van der Waals surface area contributed by atoms with Gasteiger partial charge >= 0.3 is 0 Å². The van der Waals surface area contributed by atoms with Crippen LogP contribution in [-0.2, 0) is 14.8 Å². The first kappa shape index (κ1) is 19.3. The largest absolute Gasteiger partial charge is 0.353 e. The number of benzene rings is 1. The lowest BCUT2D eigenvalue weighted by atomic mass is 9.93. The van der Waals surface area contributed by atoms with Gasteiger partial charge < -0.3 is 5.32 Å². The summed E-state index contributed by atoms with van der Waals surface area (Å²) in [6, 6.07) is 5.49. The average Bonchev–Trinajstić information content (AvgIpc) is 3.13. The van der Waals surface area contributed by atoms with Crippen molar-refractivity contribution >= 4 is 15.9 Å². The van der Waals surface area contributed by atoms with Gasteiger partial charge in [-0.2, -0.15) is 4.31 Å². The fourth-order valence-corrected chi connectivity index (χ4v) is 5.42. The van der Waals surface area contributed by atoms with Crippen molar-refractivity contribution in [3.63, 3.8) is 0 Å². The standard InChI is InChI=1S/C19H27FN2O3S/c20-16-4-3-7-18(14-16)26(24,25)22-12-10-15(11-13-22)8-9-19(23)21-17-5-1-2-6-17/h3-4,7,14-15,17H,1-2,5-6,8-13H2,(H,21,23). The molecule has 1 saturated heterocycles. The van der Waals surface area contributed by atoms with Crippen molar-refractivity contribution in [2.45, 2.75) is 62.3 Å². The van der Waals surface area contributed by atoms with Crippen molar-refractivity contribution in [1.29, 1.82) is 0 Å². The van der Waals surface area contributed by atoms with E-state index in [1.54, 1.807) is 0 Å². The number of halogens is 1. The summed E-state index contributed by atoms with van der Waals surface area (Å²) < 4.78 is 40.0. The van der Waals surface area contributed by atoms with Crippen molar-refractivity contribution < 1.29 is 17.6 Å². The van der Waals surface area contributed by atoms with Crippen LogP contribution in [0.5, 0.6) is 0 Å². The number of hydrogen-bond acceptors (Lipinski definition) is 3. The summed E-state index contributed by atoms with van der Waals surface area (Å²) in [4.78, 5) is 12.0. The molecule has 1 aliphatic carbocycles. The Labute approximate surface area is 155 Å². The van der Waals surface area contributed by atoms with Crippen LogP contribution in [0, 0.1) is 11.7 Å². The molecule has 0 aromatic heterocycles. The van der Waals surface area contributed by atoms with Crippen molar-refractivity contribution in [2.24, 2.45) is 5.92 Å². The molecule has 1 amide bonds. The third-order valence-corrected chi connectivity index (χ3v) is 7.40. The highest BCUT2D eigenvalue weighted by Crippen LogP contribution is 2.27. The molecule has 3 rings (SSSR count). The maximum Gasteiger partial charge on any atom is 0.243 e. The maximum absolute atomic E-state index is 13.3. The maximum atomic E-state index is 13.3. The van der Waals surface area contributed by atoms with Crippen LogP contribution in [0.3, 0.4) is 0 Å². The Morgan fingerprint density at radius 1 is 1.15 bits per heavy atom. The first-order chi connectivity index (χ1) is 12.4. The number of nitrogens with zero attached hydrogens (tertiary/aromatic N) is 1. The molecule has 5 nitrogen and oxygen atoms in total. The Hall–Kier alpha value is -1.47. The van der Waals surface area contributed by atoms with Crippen molar-refractivity contribution in [2.75, 3.05) is 13.1 Å². The van der Waals surface area contributed by atoms with Gasteiger partial charge in [0, 0.05) is 25.6 Å². The molecular formula is C19H27FN2O3S. The van der Waals surface area contributed by atoms with Crippen molar-refractivity contribution in [1.82, 2.24) is 9.62 Å². The lowest BCUT2D eigenvalue weighted by Gasteiger charge is -2.31. The number of amides is 1. The Kier molecular flexibility index (Phi) is 6.29. The molecule has 1 saturated carbocycles. The predicted octanol–water partition coefficient (Wildman–Crippen LogP) is 3.07. The van der Waals surface area contributed by atoms with E-state index in [0.29, 0.717) is 31.5 Å². The van der Waals surface area contributed by atoms with Crippen molar-refractivity contribution in [3.05, 3.63) is 30.1 Å². The van der Waals surface area contributed by atoms with E-state index in [4.69, 9.17) is 0 Å². The van der Waals surface area contributed by atoms with E-state index in [2.05, 4.69) is 5.32 Å². The fraction of sp³-hybridized carbons (Fsp3) is 0.632. The second-order valence-corrected chi connectivity index (χ2v) is 9.33. The monoisotopic (exact) mass is 382 g/mol. The van der Waals surface area contributed by atoms with E-state index < -0.39 is 15.8 Å². The molecule has 144 valence electrons. The van der Waals surface area contributed by atoms with Gasteiger partial charge in [0.15, 0.2) is 0 Å². The van der Waals surface area contributed by atoms with Gasteiger partial charge in [0.2, 0.25) is 15.9 Å². The summed E-state index contributed by atoms with van der Waals surface area (Å²) in [5, 5.41) is 3.10. The first-order valence-corrected chi connectivity index (χ1v) is 10.9. The lowest BCUT2D eigenvalue weighted by Crippen LogP contribution is -2.39. The molecule has 2 aliphatic rings. The molecule has 26 heavy (non-hydrogen) atoms. The van der Waals surface area contributed by atoms with Crippen LogP contribution >= 0.6 is 0 Å². The van der Waals surface area contributed by atoms with Crippen LogP contribution in [0.25, 0.3) is 0 Å². The Morgan fingerprint density at radius 3 is 2.50 bits per heavy atom. The highest BCUT2D eigenvalue weighted by atomic mass is 32.2. The second-order valence-electron chi connectivity index (χ2n) is 7.39. The number of nitrogens with one attached hydrogen (secondary N) is 1. The summed E-state index contributed by atoms with van der Waals surface area (Å²) in [7, 11) is -3.64. The SMILES string of the molecule is O=C(CCC1CCN(S(=O)(=O)c2cccc(F)c2)CC1)NC1CCCC1. The summed E-state index contributed by atoms with van der Waals surface area (Å²) in [5.74, 6) is -0.0655. The van der Waals surface area contributed by atoms with Crippen LogP contribution < -0.4 is 5.32 Å². The fourth-order valence-electron chi connectivity index (χ4n) is 3.92. The van der Waals surface area contributed by atoms with Crippen LogP contribution in [-0.4, -0.2) is 37.8 Å². The minimum atomic E-state index is -3.64. The van der Waals surface area contributed by atoms with E-state index >= 15 is 0 Å². The third-order valence-electron chi connectivity index (χ3n) is 5.51. The van der Waals surface area contributed by atoms with E-state index in [1.165, 1.54) is 35.3 Å². The van der Waals surface area contributed by atoms with Gasteiger partial charge in [-0.25, -0.2) is 12.8 Å². The van der Waals surface area contributed by atoms with E-state index in [1.807, 2.05) is 0 Å². The first-order valence-electron chi connectivity index (χ1n) is 9.50. The number of piperidine rings is 1. The zero-order chi connectivity index (χ0) is 18.6. The molecule has 7 heteroatoms. The smallest absolute Gasteiger partial charge is 0.243 e. The molecule has 0 radical (unpaired) electrons. The Balaban J connectivity index is 1.45. The van der Waals surface area contributed by atoms with Crippen LogP contribution in [0.15, 0.2) is 29.2 Å². The van der Waals surface area contributed by atoms with Gasteiger partial charge in [0.1, 0.15) is 5.82 Å². The highest BCUT2D eigenvalue weighted by molar-refractivity contribution is 7.89. The average molecular weight is 383 g/mol. The summed E-state index contributed by atoms with van der Waals surface area (Å²) in [6.45, 7) is 0.849. The number of hydrogen-bond donors (Lipinski definition) is 1. The molecule has 2 fully saturated rings. The van der Waals surface area contributed by atoms with Gasteiger partial charge in [-0.15, -0.1) is 0 Å². The third kappa shape index (κ3) is 4.82. The molecule has 0 spiro atoms. The normalized spacial score (nSPS) is 20.3. The molecule has 1 aliphatic heterocycles. The summed E-state index contributed by atoms with van der Waals surface area (Å²) in [5.41, 5.74) is 0. The minimum Gasteiger partial charge on any atom is -0.353 e. The van der Waals surface area contributed by atoms with Crippen LogP contribution in [0.2, 0.25) is 0 Å². The molecule has 1 heterocycles. The highest BCUT2D eigenvalue weighted by Gasteiger charge is 2.29. The van der Waals surface area contributed by atoms with E-state index in [9.17, 15) is 17.6 Å². The molecule has 1 aromatic carbocycles. The lowest BCUT2D eigenvalue weighted by molar-refractivity contribution is -0.122. The topological polar surface area (TPSA) is 66.5 Å². The number of carbonyl (C=O) groups excluding carboxylic acids is 1. The van der Waals surface area contributed by atoms with Crippen LogP contribution in [0.4, 0.5) is 4.39 Å². The molecule has 1 N–H and O–H groups in total. The van der Waals surface area contributed by atoms with Gasteiger partial charge in [-0.3, -0.25) is 4.79 Å². The minimum absolute atomic E-state index is 0.00638. The zero-order valence-electron chi connectivity index (χ0n) is 15.0. The van der Waals surface area contributed by atoms with E-state index in [0.717, 1.165) is 38.2 Å². The Morgan fingerprint density at radius 2 is 1.85 bits per heavy atom. The number of sulfonamides is 1. The van der Waals surface area contributed by atoms with Gasteiger partial charge in [0.25, 0.3) is 0 Å². The quantitative estimate of drug-likeness (QED) is 0.822. The molecular weight excluding hydrogens is 355 g/mol. The van der Waals surface area contributed by atoms with Gasteiger partial charge in [-0.05, 0) is 56.2 Å². The zero-order valence-corrected chi connectivity index (χ0v) is 15.8. The molecule has 0 bridgehead atoms. The van der Waals surface area contributed by atoms with Gasteiger partial charge in [0.05, 0.1) is 4.90 Å². The summed E-state index contributed by atoms with van der Waals surface area (Å²) in [6.07, 6.45) is 7.36. The van der Waals surface area contributed by atoms with Crippen LogP contribution in [0.1, 0.15) is 51.4 Å². The number of rotatable bonds is 6. The molecule has 0 unspecified atom stereocenters. The molecule has 1 aromatic rings. The number of carbonyl (C=O) groups is 1.